The first-order chi connectivity index (χ1) is 11.2. The Labute approximate surface area is 141 Å². The summed E-state index contributed by atoms with van der Waals surface area (Å²) in [6, 6.07) is 5.57. The van der Waals surface area contributed by atoms with Crippen LogP contribution in [0.15, 0.2) is 29.4 Å². The number of halogens is 4. The quantitative estimate of drug-likeness (QED) is 0.827. The second-order valence-electron chi connectivity index (χ2n) is 6.26. The topological polar surface area (TPSA) is 52.9 Å². The molecule has 1 aromatic rings. The van der Waals surface area contributed by atoms with Crippen LogP contribution in [0.4, 0.5) is 13.2 Å². The van der Waals surface area contributed by atoms with E-state index in [0.29, 0.717) is 12.8 Å². The minimum Gasteiger partial charge on any atom is -0.362 e. The van der Waals surface area contributed by atoms with E-state index in [0.717, 1.165) is 0 Å². The Kier molecular flexibility index (Phi) is 4.12. The van der Waals surface area contributed by atoms with Gasteiger partial charge in [-0.15, -0.1) is 0 Å². The lowest BCUT2D eigenvalue weighted by molar-refractivity contribution is -0.312. The summed E-state index contributed by atoms with van der Waals surface area (Å²) in [5.41, 5.74) is -3.14. The van der Waals surface area contributed by atoms with Gasteiger partial charge in [-0.05, 0) is 37.0 Å². The molecule has 24 heavy (non-hydrogen) atoms. The molecule has 0 aromatic heterocycles. The van der Waals surface area contributed by atoms with Crippen molar-refractivity contribution in [2.75, 3.05) is 0 Å². The fourth-order valence-corrected chi connectivity index (χ4v) is 3.63. The summed E-state index contributed by atoms with van der Waals surface area (Å²) in [6.07, 6.45) is -3.66. The van der Waals surface area contributed by atoms with Gasteiger partial charge in [0, 0.05) is 16.3 Å². The van der Waals surface area contributed by atoms with Crippen LogP contribution in [0.5, 0.6) is 0 Å². The number of amides is 1. The first kappa shape index (κ1) is 17.2. The predicted molar refractivity (Wildman–Crippen MR) is 82.6 cm³/mol. The summed E-state index contributed by atoms with van der Waals surface area (Å²) < 4.78 is 41.1. The summed E-state index contributed by atoms with van der Waals surface area (Å²) >= 11 is 5.81. The lowest BCUT2D eigenvalue weighted by atomic mass is 9.75. The third kappa shape index (κ3) is 2.50. The van der Waals surface area contributed by atoms with Crippen LogP contribution in [-0.4, -0.2) is 33.6 Å². The average Bonchev–Trinajstić information content (AvgIpc) is 2.82. The van der Waals surface area contributed by atoms with E-state index in [1.165, 1.54) is 24.3 Å². The molecule has 3 atom stereocenters. The number of alkyl halides is 3. The molecule has 2 aliphatic rings. The number of fused-ring (bicyclic) bond motifs is 1. The Hall–Kier alpha value is -1.60. The van der Waals surface area contributed by atoms with Gasteiger partial charge in [0.25, 0.3) is 11.6 Å². The van der Waals surface area contributed by atoms with Crippen LogP contribution in [0, 0.1) is 11.8 Å². The normalized spacial score (nSPS) is 30.1. The molecule has 130 valence electrons. The van der Waals surface area contributed by atoms with E-state index < -0.39 is 23.7 Å². The number of nitrogens with zero attached hydrogens (tertiary/aromatic N) is 2. The van der Waals surface area contributed by atoms with Crippen LogP contribution >= 0.6 is 11.6 Å². The van der Waals surface area contributed by atoms with Gasteiger partial charge in [-0.2, -0.15) is 23.3 Å². The van der Waals surface area contributed by atoms with Crippen molar-refractivity contribution in [3.63, 3.8) is 0 Å². The highest BCUT2D eigenvalue weighted by atomic mass is 35.5. The molecule has 1 saturated carbocycles. The van der Waals surface area contributed by atoms with Crippen molar-refractivity contribution in [3.05, 3.63) is 34.9 Å². The zero-order valence-electron chi connectivity index (χ0n) is 12.8. The first-order valence-electron chi connectivity index (χ1n) is 7.64. The summed E-state index contributed by atoms with van der Waals surface area (Å²) in [4.78, 5) is 12.6. The van der Waals surface area contributed by atoms with Crippen molar-refractivity contribution in [2.45, 2.75) is 38.1 Å². The van der Waals surface area contributed by atoms with Crippen molar-refractivity contribution in [3.8, 4) is 0 Å². The molecular formula is C16H16ClF3N2O2. The SMILES string of the molecule is C[C@@H]1CCC[C@@H]2C1=NN(C(=O)c1cccc(Cl)c1)[C@]2(O)C(F)(F)F. The van der Waals surface area contributed by atoms with Gasteiger partial charge in [0.1, 0.15) is 0 Å². The second-order valence-corrected chi connectivity index (χ2v) is 6.70. The molecule has 0 bridgehead atoms. The maximum absolute atomic E-state index is 13.7. The molecule has 8 heteroatoms. The lowest BCUT2D eigenvalue weighted by Crippen LogP contribution is -2.61. The van der Waals surface area contributed by atoms with Gasteiger partial charge in [-0.25, -0.2) is 0 Å². The van der Waals surface area contributed by atoms with Gasteiger partial charge < -0.3 is 5.11 Å². The molecule has 1 amide bonds. The molecule has 1 fully saturated rings. The molecule has 1 heterocycles. The van der Waals surface area contributed by atoms with E-state index in [9.17, 15) is 23.1 Å². The van der Waals surface area contributed by atoms with Crippen molar-refractivity contribution in [1.82, 2.24) is 5.01 Å². The Bertz CT molecular complexity index is 707. The lowest BCUT2D eigenvalue weighted by Gasteiger charge is -2.39. The van der Waals surface area contributed by atoms with Crippen LogP contribution in [-0.2, 0) is 0 Å². The van der Waals surface area contributed by atoms with Gasteiger partial charge in [-0.3, -0.25) is 4.79 Å². The van der Waals surface area contributed by atoms with E-state index in [1.54, 1.807) is 6.92 Å². The van der Waals surface area contributed by atoms with Crippen LogP contribution < -0.4 is 0 Å². The third-order valence-electron chi connectivity index (χ3n) is 4.70. The van der Waals surface area contributed by atoms with E-state index in [4.69, 9.17) is 11.6 Å². The van der Waals surface area contributed by atoms with Crippen LogP contribution in [0.3, 0.4) is 0 Å². The first-order valence-corrected chi connectivity index (χ1v) is 8.01. The molecule has 1 aliphatic carbocycles. The molecule has 1 aliphatic heterocycles. The second kappa shape index (κ2) is 5.74. The Morgan fingerprint density at radius 1 is 1.42 bits per heavy atom. The van der Waals surface area contributed by atoms with E-state index in [2.05, 4.69) is 5.10 Å². The van der Waals surface area contributed by atoms with E-state index in [1.807, 2.05) is 0 Å². The van der Waals surface area contributed by atoms with Crippen molar-refractivity contribution < 1.29 is 23.1 Å². The van der Waals surface area contributed by atoms with Crippen molar-refractivity contribution >= 4 is 23.2 Å². The van der Waals surface area contributed by atoms with Crippen molar-refractivity contribution in [1.29, 1.82) is 0 Å². The smallest absolute Gasteiger partial charge is 0.362 e. The standard InChI is InChI=1S/C16H16ClF3N2O2/c1-9-4-2-7-12-13(9)21-22(15(12,24)16(18,19)20)14(23)10-5-3-6-11(17)8-10/h3,5-6,8-9,12,24H,2,4,7H2,1H3/t9-,12-,15-/m1/s1. The Morgan fingerprint density at radius 2 is 2.12 bits per heavy atom. The largest absolute Gasteiger partial charge is 0.439 e. The summed E-state index contributed by atoms with van der Waals surface area (Å²) in [5, 5.41) is 14.8. The summed E-state index contributed by atoms with van der Waals surface area (Å²) in [6.45, 7) is 1.76. The Morgan fingerprint density at radius 3 is 2.75 bits per heavy atom. The van der Waals surface area contributed by atoms with Crippen LogP contribution in [0.2, 0.25) is 5.02 Å². The number of hydrogen-bond acceptors (Lipinski definition) is 3. The number of hydrazone groups is 1. The highest BCUT2D eigenvalue weighted by Crippen LogP contribution is 2.49. The minimum absolute atomic E-state index is 0.0548. The molecule has 0 radical (unpaired) electrons. The maximum atomic E-state index is 13.7. The van der Waals surface area contributed by atoms with Crippen molar-refractivity contribution in [2.24, 2.45) is 16.9 Å². The minimum atomic E-state index is -5.02. The maximum Gasteiger partial charge on any atom is 0.439 e. The average molecular weight is 361 g/mol. The molecule has 1 aromatic carbocycles. The predicted octanol–water partition coefficient (Wildman–Crippen LogP) is 3.84. The highest BCUT2D eigenvalue weighted by Gasteiger charge is 2.69. The fraction of sp³-hybridized carbons (Fsp3) is 0.500. The summed E-state index contributed by atoms with van der Waals surface area (Å²) in [7, 11) is 0. The molecule has 4 nitrogen and oxygen atoms in total. The zero-order valence-corrected chi connectivity index (χ0v) is 13.6. The fourth-order valence-electron chi connectivity index (χ4n) is 3.44. The molecule has 0 saturated heterocycles. The van der Waals surface area contributed by atoms with E-state index >= 15 is 0 Å². The number of carbonyl (C=O) groups excluding carboxylic acids is 1. The van der Waals surface area contributed by atoms with Gasteiger partial charge in [-0.1, -0.05) is 31.0 Å². The van der Waals surface area contributed by atoms with Gasteiger partial charge in [0.15, 0.2) is 0 Å². The third-order valence-corrected chi connectivity index (χ3v) is 4.93. The number of aliphatic hydroxyl groups is 1. The van der Waals surface area contributed by atoms with Gasteiger partial charge >= 0.3 is 6.18 Å². The number of hydrogen-bond donors (Lipinski definition) is 1. The molecule has 3 rings (SSSR count). The number of carbonyl (C=O) groups is 1. The highest BCUT2D eigenvalue weighted by molar-refractivity contribution is 6.31. The van der Waals surface area contributed by atoms with E-state index in [-0.39, 0.29) is 33.6 Å². The molecule has 1 N–H and O–H groups in total. The van der Waals surface area contributed by atoms with Gasteiger partial charge in [0.05, 0.1) is 5.92 Å². The summed E-state index contributed by atoms with van der Waals surface area (Å²) in [5.74, 6) is -2.47. The molecular weight excluding hydrogens is 345 g/mol. The molecule has 0 spiro atoms. The molecule has 0 unspecified atom stereocenters. The number of rotatable bonds is 1. The van der Waals surface area contributed by atoms with Gasteiger partial charge in [0.2, 0.25) is 0 Å². The Balaban J connectivity index is 2.08. The number of benzene rings is 1. The van der Waals surface area contributed by atoms with Crippen LogP contribution in [0.25, 0.3) is 0 Å². The zero-order chi connectivity index (χ0) is 17.7. The van der Waals surface area contributed by atoms with Crippen LogP contribution in [0.1, 0.15) is 36.5 Å². The monoisotopic (exact) mass is 360 g/mol.